The Morgan fingerprint density at radius 3 is 2.32 bits per heavy atom. The predicted octanol–water partition coefficient (Wildman–Crippen LogP) is 2.52. The topological polar surface area (TPSA) is 66.5 Å². The van der Waals surface area contributed by atoms with Crippen LogP contribution in [0.15, 0.2) is 36.4 Å². The molecule has 1 saturated carbocycles. The molecule has 25 heavy (non-hydrogen) atoms. The van der Waals surface area contributed by atoms with Gasteiger partial charge in [-0.3, -0.25) is 19.3 Å². The zero-order valence-corrected chi connectivity index (χ0v) is 14.3. The number of amides is 3. The summed E-state index contributed by atoms with van der Waals surface area (Å²) in [5, 5.41) is 2.83. The van der Waals surface area contributed by atoms with E-state index in [2.05, 4.69) is 17.5 Å². The van der Waals surface area contributed by atoms with Crippen molar-refractivity contribution in [3.05, 3.63) is 42.0 Å². The number of benzene rings is 1. The van der Waals surface area contributed by atoms with Gasteiger partial charge in [-0.15, -0.1) is 0 Å². The number of rotatable bonds is 4. The molecule has 3 amide bonds. The Kier molecular flexibility index (Phi) is 3.94. The second-order valence-electron chi connectivity index (χ2n) is 7.34. The van der Waals surface area contributed by atoms with Gasteiger partial charge in [0.2, 0.25) is 17.7 Å². The quantitative estimate of drug-likeness (QED) is 0.678. The Bertz CT molecular complexity index is 738. The van der Waals surface area contributed by atoms with E-state index in [4.69, 9.17) is 0 Å². The molecule has 4 aliphatic rings. The summed E-state index contributed by atoms with van der Waals surface area (Å²) in [4.78, 5) is 38.9. The van der Waals surface area contributed by atoms with Gasteiger partial charge < -0.3 is 5.32 Å². The van der Waals surface area contributed by atoms with E-state index < -0.39 is 0 Å². The number of nitrogens with zero attached hydrogens (tertiary/aromatic N) is 1. The number of hydrogen-bond donors (Lipinski definition) is 1. The van der Waals surface area contributed by atoms with Crippen molar-refractivity contribution in [2.75, 3.05) is 11.9 Å². The second kappa shape index (κ2) is 6.14. The van der Waals surface area contributed by atoms with E-state index in [0.717, 1.165) is 24.1 Å². The van der Waals surface area contributed by atoms with E-state index in [-0.39, 0.29) is 54.4 Å². The van der Waals surface area contributed by atoms with Gasteiger partial charge in [0.25, 0.3) is 0 Å². The van der Waals surface area contributed by atoms with Gasteiger partial charge >= 0.3 is 0 Å². The minimum Gasteiger partial charge on any atom is -0.326 e. The van der Waals surface area contributed by atoms with Crippen LogP contribution in [0.3, 0.4) is 0 Å². The molecule has 0 spiro atoms. The van der Waals surface area contributed by atoms with Crippen LogP contribution in [0.25, 0.3) is 0 Å². The molecular weight excluding hydrogens is 316 g/mol. The SMILES string of the molecule is Cc1cccc(NC(=O)CCN2C(=O)[C@@H]3[C@@H](C2=O)[C@H]2C=C[C@H]3CC2)c1. The first-order chi connectivity index (χ1) is 12.0. The molecule has 1 aromatic carbocycles. The number of allylic oxidation sites excluding steroid dienone is 2. The predicted molar refractivity (Wildman–Crippen MR) is 93.5 cm³/mol. The van der Waals surface area contributed by atoms with E-state index in [0.29, 0.717) is 0 Å². The third-order valence-electron chi connectivity index (χ3n) is 5.71. The molecule has 130 valence electrons. The lowest BCUT2D eigenvalue weighted by molar-refractivity contribution is -0.140. The van der Waals surface area contributed by atoms with E-state index in [9.17, 15) is 14.4 Å². The maximum Gasteiger partial charge on any atom is 0.233 e. The summed E-state index contributed by atoms with van der Waals surface area (Å²) in [7, 11) is 0. The maximum absolute atomic E-state index is 12.7. The summed E-state index contributed by atoms with van der Waals surface area (Å²) in [5.41, 5.74) is 1.80. The minimum atomic E-state index is -0.198. The fraction of sp³-hybridized carbons (Fsp3) is 0.450. The fourth-order valence-corrected chi connectivity index (χ4v) is 4.52. The van der Waals surface area contributed by atoms with E-state index >= 15 is 0 Å². The van der Waals surface area contributed by atoms with Crippen LogP contribution in [-0.2, 0) is 14.4 Å². The minimum absolute atomic E-state index is 0.0857. The molecule has 2 fully saturated rings. The van der Waals surface area contributed by atoms with Gasteiger partial charge in [0.1, 0.15) is 0 Å². The Morgan fingerprint density at radius 1 is 1.12 bits per heavy atom. The molecule has 3 aliphatic carbocycles. The highest BCUT2D eigenvalue weighted by Gasteiger charge is 2.56. The molecule has 1 aliphatic heterocycles. The van der Waals surface area contributed by atoms with Crippen molar-refractivity contribution in [2.24, 2.45) is 23.7 Å². The van der Waals surface area contributed by atoms with Crippen LogP contribution >= 0.6 is 0 Å². The zero-order chi connectivity index (χ0) is 17.6. The highest BCUT2D eigenvalue weighted by atomic mass is 16.2. The molecule has 1 aromatic rings. The van der Waals surface area contributed by atoms with Crippen LogP contribution in [0.5, 0.6) is 0 Å². The lowest BCUT2D eigenvalue weighted by atomic mass is 9.63. The summed E-state index contributed by atoms with van der Waals surface area (Å²) in [5.74, 6) is -0.362. The fourth-order valence-electron chi connectivity index (χ4n) is 4.52. The summed E-state index contributed by atoms with van der Waals surface area (Å²) < 4.78 is 0. The molecule has 5 heteroatoms. The Hall–Kier alpha value is -2.43. The normalized spacial score (nSPS) is 29.9. The summed E-state index contributed by atoms with van der Waals surface area (Å²) in [6.45, 7) is 2.13. The zero-order valence-electron chi connectivity index (χ0n) is 14.3. The van der Waals surface area contributed by atoms with Crippen molar-refractivity contribution in [3.8, 4) is 0 Å². The number of carbonyl (C=O) groups excluding carboxylic acids is 3. The van der Waals surface area contributed by atoms with Crippen molar-refractivity contribution in [2.45, 2.75) is 26.2 Å². The van der Waals surface area contributed by atoms with Crippen LogP contribution in [-0.4, -0.2) is 29.2 Å². The Balaban J connectivity index is 1.39. The van der Waals surface area contributed by atoms with Crippen molar-refractivity contribution in [1.29, 1.82) is 0 Å². The third-order valence-corrected chi connectivity index (χ3v) is 5.71. The van der Waals surface area contributed by atoms with Crippen LogP contribution in [0.2, 0.25) is 0 Å². The van der Waals surface area contributed by atoms with Crippen LogP contribution < -0.4 is 5.32 Å². The van der Waals surface area contributed by atoms with Crippen molar-refractivity contribution in [1.82, 2.24) is 4.90 Å². The molecule has 1 heterocycles. The van der Waals surface area contributed by atoms with E-state index in [1.807, 2.05) is 31.2 Å². The number of imide groups is 1. The van der Waals surface area contributed by atoms with Gasteiger partial charge in [-0.25, -0.2) is 0 Å². The monoisotopic (exact) mass is 338 g/mol. The molecular formula is C20H22N2O3. The smallest absolute Gasteiger partial charge is 0.233 e. The lowest BCUT2D eigenvalue weighted by Crippen LogP contribution is -2.38. The molecule has 1 saturated heterocycles. The van der Waals surface area contributed by atoms with E-state index in [1.165, 1.54) is 4.90 Å². The van der Waals surface area contributed by atoms with Gasteiger partial charge in [0, 0.05) is 18.7 Å². The standard InChI is InChI=1S/C20H22N2O3/c1-12-3-2-4-15(11-12)21-16(23)9-10-22-19(24)17-13-5-6-14(8-7-13)18(17)20(22)25/h2-6,11,13-14,17-18H,7-10H2,1H3,(H,21,23)/t13-,14-,17-,18-/m0/s1. The summed E-state index contributed by atoms with van der Waals surface area (Å²) >= 11 is 0. The number of carbonyl (C=O) groups is 3. The molecule has 0 radical (unpaired) electrons. The van der Waals surface area contributed by atoms with Crippen molar-refractivity contribution in [3.63, 3.8) is 0 Å². The molecule has 2 bridgehead atoms. The largest absolute Gasteiger partial charge is 0.326 e. The first kappa shape index (κ1) is 16.1. The van der Waals surface area contributed by atoms with Crippen LogP contribution in [0.4, 0.5) is 5.69 Å². The van der Waals surface area contributed by atoms with Gasteiger partial charge in [0.15, 0.2) is 0 Å². The Labute approximate surface area is 147 Å². The molecule has 5 nitrogen and oxygen atoms in total. The number of hydrogen-bond acceptors (Lipinski definition) is 3. The number of nitrogens with one attached hydrogen (secondary N) is 1. The maximum atomic E-state index is 12.7. The van der Waals surface area contributed by atoms with Crippen molar-refractivity contribution < 1.29 is 14.4 Å². The number of aryl methyl sites for hydroxylation is 1. The summed E-state index contributed by atoms with van der Waals surface area (Å²) in [6, 6.07) is 7.56. The molecule has 4 atom stereocenters. The number of anilines is 1. The van der Waals surface area contributed by atoms with Gasteiger partial charge in [0.05, 0.1) is 11.8 Å². The lowest BCUT2D eigenvalue weighted by Gasteiger charge is -2.38. The van der Waals surface area contributed by atoms with Gasteiger partial charge in [-0.05, 0) is 49.3 Å². The number of fused-ring (bicyclic) bond motifs is 1. The highest BCUT2D eigenvalue weighted by Crippen LogP contribution is 2.49. The van der Waals surface area contributed by atoms with Crippen LogP contribution in [0, 0.1) is 30.6 Å². The second-order valence-corrected chi connectivity index (χ2v) is 7.34. The Morgan fingerprint density at radius 2 is 1.76 bits per heavy atom. The molecule has 0 aromatic heterocycles. The first-order valence-corrected chi connectivity index (χ1v) is 8.94. The summed E-state index contributed by atoms with van der Waals surface area (Å²) in [6.07, 6.45) is 6.32. The first-order valence-electron chi connectivity index (χ1n) is 8.94. The van der Waals surface area contributed by atoms with Gasteiger partial charge in [-0.1, -0.05) is 24.3 Å². The van der Waals surface area contributed by atoms with E-state index in [1.54, 1.807) is 0 Å². The molecule has 0 unspecified atom stereocenters. The van der Waals surface area contributed by atoms with Crippen LogP contribution in [0.1, 0.15) is 24.8 Å². The molecule has 1 N–H and O–H groups in total. The average molecular weight is 338 g/mol. The highest BCUT2D eigenvalue weighted by molar-refractivity contribution is 6.06. The van der Waals surface area contributed by atoms with Gasteiger partial charge in [-0.2, -0.15) is 0 Å². The number of likely N-dealkylation sites (tertiary alicyclic amines) is 1. The van der Waals surface area contributed by atoms with Crippen molar-refractivity contribution >= 4 is 23.4 Å². The molecule has 5 rings (SSSR count). The third kappa shape index (κ3) is 2.77. The average Bonchev–Trinajstić information content (AvgIpc) is 2.87.